The van der Waals surface area contributed by atoms with Gasteiger partial charge in [-0.15, -0.1) is 0 Å². The fourth-order valence-electron chi connectivity index (χ4n) is 6.23. The first kappa shape index (κ1) is 28.2. The molecular formula is C29H37F2N5O4S. The number of nitriles is 1. The van der Waals surface area contributed by atoms with E-state index >= 15 is 0 Å². The largest absolute Gasteiger partial charge is 0.428 e. The molecule has 1 aromatic heterocycles. The summed E-state index contributed by atoms with van der Waals surface area (Å²) in [7, 11) is -2.50. The van der Waals surface area contributed by atoms with E-state index in [4.69, 9.17) is 9.40 Å². The molecule has 4 aliphatic rings. The van der Waals surface area contributed by atoms with Gasteiger partial charge in [-0.1, -0.05) is 25.0 Å². The van der Waals surface area contributed by atoms with Gasteiger partial charge in [0.2, 0.25) is 5.91 Å². The van der Waals surface area contributed by atoms with Crippen molar-refractivity contribution in [3.05, 3.63) is 30.0 Å². The fraction of sp³-hybridized carbons (Fsp3) is 0.621. The zero-order valence-corrected chi connectivity index (χ0v) is 23.8. The van der Waals surface area contributed by atoms with Crippen LogP contribution in [-0.2, 0) is 4.79 Å². The molecule has 6 rings (SSSR count). The number of nitrogens with one attached hydrogen (secondary N) is 1. The van der Waals surface area contributed by atoms with Crippen LogP contribution in [0.15, 0.2) is 28.7 Å². The quantitative estimate of drug-likeness (QED) is 0.398. The van der Waals surface area contributed by atoms with E-state index in [-0.39, 0.29) is 43.7 Å². The van der Waals surface area contributed by atoms with Gasteiger partial charge in [0.15, 0.2) is 0 Å². The van der Waals surface area contributed by atoms with E-state index in [1.54, 1.807) is 4.90 Å². The third kappa shape index (κ3) is 6.03. The molecule has 0 unspecified atom stereocenters. The fourth-order valence-corrected chi connectivity index (χ4v) is 7.46. The molecule has 41 heavy (non-hydrogen) atoms. The highest BCUT2D eigenvalue weighted by Crippen LogP contribution is 2.46. The van der Waals surface area contributed by atoms with Crippen LogP contribution in [0.25, 0.3) is 11.3 Å². The molecule has 1 amide bonds. The van der Waals surface area contributed by atoms with Crippen molar-refractivity contribution >= 4 is 28.2 Å². The summed E-state index contributed by atoms with van der Waals surface area (Å²) in [6.07, 6.45) is 4.03. The minimum atomic E-state index is -2.70. The highest BCUT2D eigenvalue weighted by atomic mass is 32.3. The van der Waals surface area contributed by atoms with Crippen LogP contribution in [0.1, 0.15) is 63.0 Å². The second-order valence-corrected chi connectivity index (χ2v) is 14.4. The number of carbonyl (C=O) groups is 1. The zero-order chi connectivity index (χ0) is 28.8. The minimum Gasteiger partial charge on any atom is -0.428 e. The molecule has 222 valence electrons. The third-order valence-electron chi connectivity index (χ3n) is 9.06. The van der Waals surface area contributed by atoms with Gasteiger partial charge in [-0.3, -0.25) is 13.9 Å². The first-order chi connectivity index (χ1) is 19.6. The number of amides is 1. The molecule has 2 aliphatic carbocycles. The van der Waals surface area contributed by atoms with Gasteiger partial charge in [0, 0.05) is 62.1 Å². The van der Waals surface area contributed by atoms with Gasteiger partial charge in [-0.25, -0.2) is 8.78 Å². The lowest BCUT2D eigenvalue weighted by atomic mass is 9.76. The number of aromatic nitrogens is 1. The number of rotatable bonds is 6. The Labute approximate surface area is 240 Å². The molecule has 3 N–H and O–H groups in total. The summed E-state index contributed by atoms with van der Waals surface area (Å²) in [6, 6.07) is 10.4. The van der Waals surface area contributed by atoms with Crippen LogP contribution >= 0.6 is 10.6 Å². The molecule has 2 aliphatic heterocycles. The SMILES string of the molecule is N#CC1(NC(=O)[C@@H]2CCCC[C@H]2c2oc(N3CCC(F)(F)CC3)nc2-c2ccc(N3CCS(O)(O)CC3)cc2)CC1. The molecule has 0 radical (unpaired) electrons. The van der Waals surface area contributed by atoms with Gasteiger partial charge < -0.3 is 19.5 Å². The molecule has 0 bridgehead atoms. The summed E-state index contributed by atoms with van der Waals surface area (Å²) >= 11 is 0. The Morgan fingerprint density at radius 2 is 1.68 bits per heavy atom. The molecular weight excluding hydrogens is 552 g/mol. The van der Waals surface area contributed by atoms with E-state index < -0.39 is 22.1 Å². The Morgan fingerprint density at radius 1 is 1.02 bits per heavy atom. The van der Waals surface area contributed by atoms with Crippen LogP contribution in [0.3, 0.4) is 0 Å². The molecule has 2 saturated heterocycles. The van der Waals surface area contributed by atoms with E-state index in [2.05, 4.69) is 16.3 Å². The third-order valence-corrected chi connectivity index (χ3v) is 10.7. The van der Waals surface area contributed by atoms with E-state index in [1.807, 2.05) is 24.3 Å². The van der Waals surface area contributed by atoms with Crippen molar-refractivity contribution in [1.29, 1.82) is 5.26 Å². The Morgan fingerprint density at radius 3 is 2.32 bits per heavy atom. The predicted octanol–water partition coefficient (Wildman–Crippen LogP) is 5.59. The second-order valence-electron chi connectivity index (χ2n) is 12.0. The number of carbonyl (C=O) groups excluding carboxylic acids is 1. The van der Waals surface area contributed by atoms with Crippen molar-refractivity contribution in [2.75, 3.05) is 47.5 Å². The lowest BCUT2D eigenvalue weighted by Gasteiger charge is -2.41. The predicted molar refractivity (Wildman–Crippen MR) is 154 cm³/mol. The van der Waals surface area contributed by atoms with Gasteiger partial charge in [-0.2, -0.15) is 20.8 Å². The Kier molecular flexibility index (Phi) is 7.41. The second kappa shape index (κ2) is 10.7. The van der Waals surface area contributed by atoms with Crippen LogP contribution in [0.2, 0.25) is 0 Å². The molecule has 12 heteroatoms. The lowest BCUT2D eigenvalue weighted by Crippen LogP contribution is -2.42. The number of halogens is 2. The van der Waals surface area contributed by atoms with Gasteiger partial charge in [-0.05, 0) is 37.8 Å². The molecule has 4 fully saturated rings. The molecule has 9 nitrogen and oxygen atoms in total. The number of alkyl halides is 2. The van der Waals surface area contributed by atoms with Gasteiger partial charge >= 0.3 is 0 Å². The van der Waals surface area contributed by atoms with Crippen molar-refractivity contribution in [2.24, 2.45) is 5.92 Å². The first-order valence-corrected chi connectivity index (χ1v) is 16.4. The number of nitrogens with zero attached hydrogens (tertiary/aromatic N) is 4. The number of hydrogen-bond acceptors (Lipinski definition) is 8. The molecule has 2 aromatic rings. The van der Waals surface area contributed by atoms with Crippen molar-refractivity contribution in [2.45, 2.75) is 68.7 Å². The summed E-state index contributed by atoms with van der Waals surface area (Å²) in [6.45, 7) is 1.39. The highest BCUT2D eigenvalue weighted by molar-refractivity contribution is 8.24. The van der Waals surface area contributed by atoms with E-state index in [9.17, 15) is 27.9 Å². The zero-order valence-electron chi connectivity index (χ0n) is 23.0. The van der Waals surface area contributed by atoms with E-state index in [0.717, 1.165) is 30.5 Å². The van der Waals surface area contributed by atoms with Crippen LogP contribution in [-0.4, -0.2) is 69.1 Å². The topological polar surface area (TPSA) is 126 Å². The van der Waals surface area contributed by atoms with Crippen molar-refractivity contribution in [3.8, 4) is 17.3 Å². The van der Waals surface area contributed by atoms with Crippen molar-refractivity contribution in [1.82, 2.24) is 10.3 Å². The average Bonchev–Trinajstić information content (AvgIpc) is 3.60. The number of benzene rings is 1. The molecule has 1 aromatic carbocycles. The van der Waals surface area contributed by atoms with Crippen molar-refractivity contribution in [3.63, 3.8) is 0 Å². The summed E-state index contributed by atoms with van der Waals surface area (Å²) in [5.74, 6) is -2.16. The van der Waals surface area contributed by atoms with Gasteiger partial charge in [0.1, 0.15) is 17.0 Å². The summed E-state index contributed by atoms with van der Waals surface area (Å²) in [4.78, 5) is 22.2. The molecule has 2 saturated carbocycles. The summed E-state index contributed by atoms with van der Waals surface area (Å²) in [5.41, 5.74) is 1.63. The van der Waals surface area contributed by atoms with Crippen LogP contribution in [0.5, 0.6) is 0 Å². The molecule has 2 atom stereocenters. The maximum Gasteiger partial charge on any atom is 0.298 e. The maximum absolute atomic E-state index is 13.9. The van der Waals surface area contributed by atoms with E-state index in [0.29, 0.717) is 61.3 Å². The van der Waals surface area contributed by atoms with Crippen molar-refractivity contribution < 1.29 is 27.1 Å². The standard InChI is InChI=1S/C29H37F2N5O4S/c30-29(31)11-13-36(14-12-29)27-33-24(20-5-7-21(8-6-20)35-15-17-41(38,39)18-16-35)25(40-27)22-3-1-2-4-23(22)26(37)34-28(19-32)9-10-28/h5-8,22-23,38-39H,1-4,9-18H2,(H,34,37)/t22-,23-/m1/s1. The Hall–Kier alpha value is -2.88. The summed E-state index contributed by atoms with van der Waals surface area (Å²) in [5, 5.41) is 12.5. The Bertz CT molecular complexity index is 1300. The van der Waals surface area contributed by atoms with Crippen LogP contribution < -0.4 is 15.1 Å². The number of hydrogen-bond donors (Lipinski definition) is 3. The van der Waals surface area contributed by atoms with Crippen LogP contribution in [0.4, 0.5) is 20.5 Å². The van der Waals surface area contributed by atoms with Gasteiger partial charge in [0.05, 0.1) is 17.6 Å². The molecule has 0 spiro atoms. The van der Waals surface area contributed by atoms with Gasteiger partial charge in [0.25, 0.3) is 11.9 Å². The number of oxazole rings is 1. The Balaban J connectivity index is 1.30. The van der Waals surface area contributed by atoms with E-state index in [1.165, 1.54) is 0 Å². The summed E-state index contributed by atoms with van der Waals surface area (Å²) < 4.78 is 54.1. The maximum atomic E-state index is 13.9. The highest BCUT2D eigenvalue weighted by Gasteiger charge is 2.47. The lowest BCUT2D eigenvalue weighted by molar-refractivity contribution is -0.127. The number of piperidine rings is 1. The smallest absolute Gasteiger partial charge is 0.298 e. The monoisotopic (exact) mass is 589 g/mol. The normalized spacial score (nSPS) is 27.5. The number of anilines is 2. The minimum absolute atomic E-state index is 0.137. The average molecular weight is 590 g/mol. The molecule has 3 heterocycles. The van der Waals surface area contributed by atoms with Crippen LogP contribution in [0, 0.1) is 17.2 Å². The first-order valence-electron chi connectivity index (χ1n) is 14.5.